The molecule has 0 bridgehead atoms. The fourth-order valence-electron chi connectivity index (χ4n) is 3.75. The first-order valence-electron chi connectivity index (χ1n) is 11.0. The molecule has 33 heavy (non-hydrogen) atoms. The molecule has 1 aliphatic heterocycles. The monoisotopic (exact) mass is 463 g/mol. The molecule has 10 nitrogen and oxygen atoms in total. The number of carbonyl (C=O) groups excluding carboxylic acids is 3. The molecule has 2 unspecified atom stereocenters. The molecule has 0 spiro atoms. The zero-order valence-electron chi connectivity index (χ0n) is 19.4. The summed E-state index contributed by atoms with van der Waals surface area (Å²) in [4.78, 5) is 49.5. The molecule has 1 aliphatic rings. The average molecular weight is 464 g/mol. The number of amides is 4. The molecule has 4 atom stereocenters. The lowest BCUT2D eigenvalue weighted by Gasteiger charge is -2.27. The van der Waals surface area contributed by atoms with Crippen molar-refractivity contribution in [3.8, 4) is 0 Å². The van der Waals surface area contributed by atoms with Crippen LogP contribution >= 0.6 is 0 Å². The average Bonchev–Trinajstić information content (AvgIpc) is 3.00. The Morgan fingerprint density at radius 2 is 1.85 bits per heavy atom. The molecule has 0 aliphatic carbocycles. The molecular weight excluding hydrogens is 430 g/mol. The van der Waals surface area contributed by atoms with Crippen LogP contribution < -0.4 is 10.6 Å². The Labute approximate surface area is 193 Å². The number of likely N-dealkylation sites (tertiary alicyclic amines) is 1. The Hall–Kier alpha value is -3.14. The summed E-state index contributed by atoms with van der Waals surface area (Å²) in [7, 11) is 0. The van der Waals surface area contributed by atoms with E-state index in [0.717, 1.165) is 12.0 Å². The third-order valence-corrected chi connectivity index (χ3v) is 5.70. The highest BCUT2D eigenvalue weighted by Crippen LogP contribution is 2.33. The van der Waals surface area contributed by atoms with Crippen LogP contribution in [0.1, 0.15) is 58.6 Å². The van der Waals surface area contributed by atoms with Crippen LogP contribution in [0.25, 0.3) is 0 Å². The maximum absolute atomic E-state index is 12.7. The van der Waals surface area contributed by atoms with Gasteiger partial charge in [0.15, 0.2) is 12.2 Å². The number of aliphatic hydroxyl groups is 1. The van der Waals surface area contributed by atoms with E-state index in [9.17, 15) is 24.3 Å². The van der Waals surface area contributed by atoms with Gasteiger partial charge in [-0.15, -0.1) is 0 Å². The highest BCUT2D eigenvalue weighted by Gasteiger charge is 2.51. The number of hydrogen-bond donors (Lipinski definition) is 4. The summed E-state index contributed by atoms with van der Waals surface area (Å²) in [5, 5.41) is 25.0. The summed E-state index contributed by atoms with van der Waals surface area (Å²) in [6, 6.07) is 7.93. The summed E-state index contributed by atoms with van der Waals surface area (Å²) in [6.45, 7) is 6.84. The zero-order valence-corrected chi connectivity index (χ0v) is 19.4. The van der Waals surface area contributed by atoms with E-state index in [-0.39, 0.29) is 12.6 Å². The van der Waals surface area contributed by atoms with Gasteiger partial charge in [-0.3, -0.25) is 9.59 Å². The van der Waals surface area contributed by atoms with Crippen molar-refractivity contribution in [1.29, 1.82) is 0 Å². The van der Waals surface area contributed by atoms with Gasteiger partial charge in [-0.1, -0.05) is 63.9 Å². The van der Waals surface area contributed by atoms with Gasteiger partial charge in [0, 0.05) is 12.0 Å². The fraction of sp³-hybridized carbons (Fsp3) is 0.565. The van der Waals surface area contributed by atoms with Crippen molar-refractivity contribution in [2.75, 3.05) is 6.54 Å². The topological polar surface area (TPSA) is 145 Å². The van der Waals surface area contributed by atoms with Gasteiger partial charge in [-0.05, 0) is 18.9 Å². The molecule has 2 rings (SSSR count). The van der Waals surface area contributed by atoms with Gasteiger partial charge in [-0.2, -0.15) is 0 Å². The summed E-state index contributed by atoms with van der Waals surface area (Å²) in [5.74, 6) is -1.48. The van der Waals surface area contributed by atoms with Crippen molar-refractivity contribution in [3.63, 3.8) is 0 Å². The normalized spacial score (nSPS) is 20.0. The Bertz CT molecular complexity index is 859. The van der Waals surface area contributed by atoms with E-state index in [2.05, 4.69) is 10.6 Å². The Morgan fingerprint density at radius 1 is 1.21 bits per heavy atom. The van der Waals surface area contributed by atoms with Gasteiger partial charge in [0.25, 0.3) is 11.8 Å². The molecule has 1 aromatic rings. The minimum atomic E-state index is -1.54. The van der Waals surface area contributed by atoms with E-state index in [4.69, 9.17) is 9.84 Å². The van der Waals surface area contributed by atoms with E-state index in [1.165, 1.54) is 0 Å². The number of carboxylic acid groups (broad SMARTS) is 1. The van der Waals surface area contributed by atoms with E-state index in [1.54, 1.807) is 20.8 Å². The minimum absolute atomic E-state index is 0.110. The van der Waals surface area contributed by atoms with Crippen LogP contribution in [0.15, 0.2) is 30.3 Å². The second-order valence-electron chi connectivity index (χ2n) is 8.96. The maximum Gasteiger partial charge on any atom is 0.414 e. The number of hydrogen-bond acceptors (Lipinski definition) is 6. The molecule has 4 N–H and O–H groups in total. The van der Waals surface area contributed by atoms with Crippen molar-refractivity contribution in [2.24, 2.45) is 5.41 Å². The SMILES string of the molecule is CCCC[C@H](NC(=O)OC1C(=O)N(C(=O)O)CC1(C)C)C(O)C(=O)N[C@H](C)c1ccccc1. The summed E-state index contributed by atoms with van der Waals surface area (Å²) < 4.78 is 5.26. The van der Waals surface area contributed by atoms with Gasteiger partial charge < -0.3 is 25.6 Å². The van der Waals surface area contributed by atoms with Gasteiger partial charge in [-0.25, -0.2) is 14.5 Å². The first-order valence-corrected chi connectivity index (χ1v) is 11.0. The highest BCUT2D eigenvalue weighted by atomic mass is 16.6. The van der Waals surface area contributed by atoms with Crippen LogP contribution in [-0.4, -0.2) is 63.9 Å². The van der Waals surface area contributed by atoms with E-state index >= 15 is 0 Å². The second kappa shape index (κ2) is 11.1. The molecule has 0 aromatic heterocycles. The van der Waals surface area contributed by atoms with Crippen molar-refractivity contribution in [2.45, 2.75) is 71.2 Å². The molecular formula is C23H33N3O7. The Morgan fingerprint density at radius 3 is 2.39 bits per heavy atom. The molecule has 0 saturated carbocycles. The number of aliphatic hydroxyl groups excluding tert-OH is 1. The Balaban J connectivity index is 2.05. The van der Waals surface area contributed by atoms with Crippen molar-refractivity contribution in [1.82, 2.24) is 15.5 Å². The van der Waals surface area contributed by atoms with Crippen molar-refractivity contribution >= 4 is 24.0 Å². The molecule has 10 heteroatoms. The van der Waals surface area contributed by atoms with Crippen molar-refractivity contribution in [3.05, 3.63) is 35.9 Å². The number of nitrogens with zero attached hydrogens (tertiary/aromatic N) is 1. The predicted molar refractivity (Wildman–Crippen MR) is 119 cm³/mol. The molecule has 1 heterocycles. The largest absolute Gasteiger partial charge is 0.465 e. The van der Waals surface area contributed by atoms with Crippen LogP contribution in [0.3, 0.4) is 0 Å². The number of carbonyl (C=O) groups is 4. The third-order valence-electron chi connectivity index (χ3n) is 5.70. The number of rotatable bonds is 9. The Kier molecular flexibility index (Phi) is 8.81. The lowest BCUT2D eigenvalue weighted by molar-refractivity contribution is -0.135. The predicted octanol–water partition coefficient (Wildman–Crippen LogP) is 2.42. The number of benzene rings is 1. The summed E-state index contributed by atoms with van der Waals surface area (Å²) >= 11 is 0. The van der Waals surface area contributed by atoms with Crippen molar-refractivity contribution < 1.29 is 34.1 Å². The minimum Gasteiger partial charge on any atom is -0.465 e. The summed E-state index contributed by atoms with van der Waals surface area (Å²) in [6.07, 6.45) is -3.56. The van der Waals surface area contributed by atoms with Crippen LogP contribution in [0.5, 0.6) is 0 Å². The number of ether oxygens (including phenoxy) is 1. The lowest BCUT2D eigenvalue weighted by atomic mass is 9.90. The molecule has 182 valence electrons. The fourth-order valence-corrected chi connectivity index (χ4v) is 3.75. The second-order valence-corrected chi connectivity index (χ2v) is 8.96. The van der Waals surface area contributed by atoms with E-state index in [0.29, 0.717) is 17.7 Å². The first kappa shape index (κ1) is 26.1. The summed E-state index contributed by atoms with van der Waals surface area (Å²) in [5.41, 5.74) is -0.0622. The van der Waals surface area contributed by atoms with Gasteiger partial charge in [0.1, 0.15) is 0 Å². The van der Waals surface area contributed by atoms with Gasteiger partial charge in [0.2, 0.25) is 0 Å². The molecule has 1 aromatic carbocycles. The zero-order chi connectivity index (χ0) is 24.8. The number of alkyl carbamates (subject to hydrolysis) is 1. The number of nitrogens with one attached hydrogen (secondary N) is 2. The van der Waals surface area contributed by atoms with Gasteiger partial charge in [0.05, 0.1) is 12.1 Å². The number of imide groups is 1. The highest BCUT2D eigenvalue weighted by molar-refractivity contribution is 5.97. The van der Waals surface area contributed by atoms with Crippen LogP contribution in [0.4, 0.5) is 9.59 Å². The molecule has 1 fully saturated rings. The molecule has 1 saturated heterocycles. The number of unbranched alkanes of at least 4 members (excludes halogenated alkanes) is 1. The smallest absolute Gasteiger partial charge is 0.414 e. The van der Waals surface area contributed by atoms with E-state index < -0.39 is 47.7 Å². The third kappa shape index (κ3) is 6.67. The quantitative estimate of drug-likeness (QED) is 0.440. The lowest BCUT2D eigenvalue weighted by Crippen LogP contribution is -2.52. The van der Waals surface area contributed by atoms with E-state index in [1.807, 2.05) is 37.3 Å². The standard InChI is InChI=1S/C23H33N3O7/c1-5-6-12-16(17(27)19(28)24-14(2)15-10-8-7-9-11-15)25-21(30)33-18-20(29)26(22(31)32)13-23(18,3)4/h7-11,14,16-18,27H,5-6,12-13H2,1-4H3,(H,24,28)(H,25,30)(H,31,32)/t14-,16+,17?,18?/m1/s1. The molecule has 4 amide bonds. The van der Waals surface area contributed by atoms with Gasteiger partial charge >= 0.3 is 12.2 Å². The first-order chi connectivity index (χ1) is 15.5. The molecule has 0 radical (unpaired) electrons. The maximum atomic E-state index is 12.7. The van der Waals surface area contributed by atoms with Crippen LogP contribution in [-0.2, 0) is 14.3 Å². The van der Waals surface area contributed by atoms with Crippen LogP contribution in [0.2, 0.25) is 0 Å². The van der Waals surface area contributed by atoms with Crippen LogP contribution in [0, 0.1) is 5.41 Å².